The molecule has 8 heteroatoms. The van der Waals surface area contributed by atoms with Crippen molar-refractivity contribution < 1.29 is 9.13 Å². The normalized spacial score (nSPS) is 9.86. The summed E-state index contributed by atoms with van der Waals surface area (Å²) >= 11 is 3.02. The van der Waals surface area contributed by atoms with E-state index in [4.69, 9.17) is 10.5 Å². The van der Waals surface area contributed by atoms with Crippen LogP contribution in [0.15, 0.2) is 21.4 Å². The summed E-state index contributed by atoms with van der Waals surface area (Å²) in [4.78, 5) is 14.1. The topological polar surface area (TPSA) is 116 Å². The van der Waals surface area contributed by atoms with Crippen LogP contribution in [0.25, 0.3) is 11.1 Å². The van der Waals surface area contributed by atoms with E-state index in [1.54, 1.807) is 6.07 Å². The van der Waals surface area contributed by atoms with Crippen molar-refractivity contribution in [2.75, 3.05) is 12.8 Å². The van der Waals surface area contributed by atoms with Crippen molar-refractivity contribution in [3.05, 3.63) is 43.9 Å². The molecule has 0 amide bonds. The van der Waals surface area contributed by atoms with Crippen molar-refractivity contribution in [2.24, 2.45) is 0 Å². The maximum Gasteiger partial charge on any atom is 0.268 e. The summed E-state index contributed by atoms with van der Waals surface area (Å²) in [6.45, 7) is 0. The van der Waals surface area contributed by atoms with Crippen LogP contribution in [0.2, 0.25) is 0 Å². The zero-order chi connectivity index (χ0) is 16.4. The lowest BCUT2D eigenvalue weighted by atomic mass is 9.96. The largest absolute Gasteiger partial charge is 0.496 e. The number of rotatable bonds is 2. The molecule has 0 bridgehead atoms. The number of aromatic amines is 1. The van der Waals surface area contributed by atoms with Crippen molar-refractivity contribution in [3.8, 4) is 29.0 Å². The number of methoxy groups -OCH3 is 1. The van der Waals surface area contributed by atoms with E-state index in [1.165, 1.54) is 13.2 Å². The number of hydrogen-bond donors (Lipinski definition) is 2. The highest BCUT2D eigenvalue weighted by atomic mass is 79.9. The van der Waals surface area contributed by atoms with Crippen LogP contribution in [0.5, 0.6) is 5.75 Å². The third kappa shape index (κ3) is 2.41. The summed E-state index contributed by atoms with van der Waals surface area (Å²) in [6.07, 6.45) is 0. The molecule has 110 valence electrons. The number of benzene rings is 1. The van der Waals surface area contributed by atoms with Gasteiger partial charge in [-0.25, -0.2) is 4.39 Å². The Kier molecular flexibility index (Phi) is 4.15. The van der Waals surface area contributed by atoms with Crippen LogP contribution in [0.3, 0.4) is 0 Å². The molecular weight excluding hydrogens is 355 g/mol. The first-order valence-electron chi connectivity index (χ1n) is 5.84. The molecule has 6 nitrogen and oxygen atoms in total. The molecule has 0 saturated heterocycles. The van der Waals surface area contributed by atoms with E-state index < -0.39 is 11.4 Å². The van der Waals surface area contributed by atoms with Crippen LogP contribution in [0.4, 0.5) is 10.2 Å². The van der Waals surface area contributed by atoms with Gasteiger partial charge in [0.2, 0.25) is 0 Å². The number of H-pyrrole nitrogens is 1. The molecule has 0 spiro atoms. The molecule has 0 fully saturated rings. The van der Waals surface area contributed by atoms with Crippen LogP contribution in [-0.4, -0.2) is 12.1 Å². The number of pyridine rings is 1. The number of nitriles is 2. The van der Waals surface area contributed by atoms with Gasteiger partial charge in [0.1, 0.15) is 40.6 Å². The van der Waals surface area contributed by atoms with Crippen LogP contribution in [-0.2, 0) is 0 Å². The van der Waals surface area contributed by atoms with Crippen LogP contribution < -0.4 is 16.0 Å². The van der Waals surface area contributed by atoms with E-state index in [-0.39, 0.29) is 38.3 Å². The molecule has 0 saturated carbocycles. The summed E-state index contributed by atoms with van der Waals surface area (Å²) in [5.41, 5.74) is 4.42. The molecule has 0 aliphatic heterocycles. The average molecular weight is 363 g/mol. The fraction of sp³-hybridized carbons (Fsp3) is 0.0714. The minimum Gasteiger partial charge on any atom is -0.496 e. The number of nitrogens with one attached hydrogen (secondary N) is 1. The van der Waals surface area contributed by atoms with Crippen molar-refractivity contribution >= 4 is 21.7 Å². The standard InChI is InChI=1S/C14H8BrFN4O2/c1-22-11-3-9(15)10(16)2-6(11)12-7(4-17)13(19)20-14(21)8(12)5-18/h2-3H,1H3,(H3,19,20,21). The molecule has 22 heavy (non-hydrogen) atoms. The first-order valence-corrected chi connectivity index (χ1v) is 6.63. The summed E-state index contributed by atoms with van der Waals surface area (Å²) in [5, 5.41) is 18.4. The van der Waals surface area contributed by atoms with Gasteiger partial charge in [0.15, 0.2) is 0 Å². The number of anilines is 1. The van der Waals surface area contributed by atoms with Crippen LogP contribution in [0.1, 0.15) is 11.1 Å². The number of nitrogens with zero attached hydrogens (tertiary/aromatic N) is 2. The molecule has 0 aliphatic rings. The zero-order valence-electron chi connectivity index (χ0n) is 11.2. The summed E-state index contributed by atoms with van der Waals surface area (Å²) in [7, 11) is 1.35. The van der Waals surface area contributed by atoms with E-state index >= 15 is 0 Å². The molecule has 0 radical (unpaired) electrons. The summed E-state index contributed by atoms with van der Waals surface area (Å²) < 4.78 is 19.2. The average Bonchev–Trinajstić information content (AvgIpc) is 2.49. The highest BCUT2D eigenvalue weighted by Gasteiger charge is 2.22. The van der Waals surface area contributed by atoms with E-state index in [0.29, 0.717) is 0 Å². The SMILES string of the molecule is COc1cc(Br)c(F)cc1-c1c(C#N)c(N)[nH]c(=O)c1C#N. The molecule has 1 aromatic heterocycles. The van der Waals surface area contributed by atoms with Crippen LogP contribution >= 0.6 is 15.9 Å². The maximum atomic E-state index is 13.9. The smallest absolute Gasteiger partial charge is 0.268 e. The monoisotopic (exact) mass is 362 g/mol. The first-order chi connectivity index (χ1) is 10.4. The van der Waals surface area contributed by atoms with Crippen molar-refractivity contribution in [1.29, 1.82) is 10.5 Å². The molecule has 1 heterocycles. The fourth-order valence-electron chi connectivity index (χ4n) is 2.01. The molecule has 0 atom stereocenters. The Morgan fingerprint density at radius 3 is 2.50 bits per heavy atom. The van der Waals surface area contributed by atoms with Crippen molar-refractivity contribution in [2.45, 2.75) is 0 Å². The molecule has 0 aliphatic carbocycles. The second-order valence-corrected chi connectivity index (χ2v) is 5.04. The quantitative estimate of drug-likeness (QED) is 0.849. The van der Waals surface area contributed by atoms with Gasteiger partial charge in [-0.1, -0.05) is 0 Å². The molecule has 0 unspecified atom stereocenters. The summed E-state index contributed by atoms with van der Waals surface area (Å²) in [5.74, 6) is -0.652. The van der Waals surface area contributed by atoms with Crippen molar-refractivity contribution in [1.82, 2.24) is 4.98 Å². The minimum absolute atomic E-state index is 0.0606. The number of aromatic nitrogens is 1. The number of ether oxygens (including phenoxy) is 1. The van der Waals surface area contributed by atoms with Crippen LogP contribution in [0, 0.1) is 28.5 Å². The molecular formula is C14H8BrFN4O2. The first kappa shape index (κ1) is 15.5. The maximum absolute atomic E-state index is 13.9. The van der Waals surface area contributed by atoms with E-state index in [1.807, 2.05) is 6.07 Å². The zero-order valence-corrected chi connectivity index (χ0v) is 12.8. The van der Waals surface area contributed by atoms with Crippen molar-refractivity contribution in [3.63, 3.8) is 0 Å². The molecule has 2 aromatic rings. The van der Waals surface area contributed by atoms with Gasteiger partial charge in [-0.15, -0.1) is 0 Å². The van der Waals surface area contributed by atoms with Gasteiger partial charge in [0, 0.05) is 11.1 Å². The second-order valence-electron chi connectivity index (χ2n) is 4.18. The third-order valence-corrected chi connectivity index (χ3v) is 3.59. The number of hydrogen-bond acceptors (Lipinski definition) is 5. The fourth-order valence-corrected chi connectivity index (χ4v) is 2.33. The Labute approximate surface area is 132 Å². The Bertz CT molecular complexity index is 909. The lowest BCUT2D eigenvalue weighted by Gasteiger charge is -2.13. The second kappa shape index (κ2) is 5.88. The minimum atomic E-state index is -0.764. The Hall–Kier alpha value is -2.84. The summed E-state index contributed by atoms with van der Waals surface area (Å²) in [6, 6.07) is 5.93. The lowest BCUT2D eigenvalue weighted by Crippen LogP contribution is -2.16. The van der Waals surface area contributed by atoms with Gasteiger partial charge in [-0.3, -0.25) is 4.79 Å². The van der Waals surface area contributed by atoms with E-state index in [2.05, 4.69) is 20.9 Å². The van der Waals surface area contributed by atoms with Gasteiger partial charge < -0.3 is 15.5 Å². The Balaban J connectivity index is 3.02. The Morgan fingerprint density at radius 1 is 1.32 bits per heavy atom. The predicted octanol–water partition coefficient (Wildman–Crippen LogP) is 2.28. The van der Waals surface area contributed by atoms with E-state index in [9.17, 15) is 19.7 Å². The molecule has 3 N–H and O–H groups in total. The van der Waals surface area contributed by atoms with Gasteiger partial charge in [0.05, 0.1) is 11.6 Å². The van der Waals surface area contributed by atoms with Gasteiger partial charge in [-0.2, -0.15) is 10.5 Å². The molecule has 1 aromatic carbocycles. The van der Waals surface area contributed by atoms with Gasteiger partial charge in [0.25, 0.3) is 5.56 Å². The van der Waals surface area contributed by atoms with Gasteiger partial charge in [-0.05, 0) is 28.1 Å². The highest BCUT2D eigenvalue weighted by molar-refractivity contribution is 9.10. The molecule has 2 rings (SSSR count). The number of nitrogen functional groups attached to an aromatic ring is 1. The number of nitrogens with two attached hydrogens (primary N) is 1. The van der Waals surface area contributed by atoms with E-state index in [0.717, 1.165) is 6.07 Å². The predicted molar refractivity (Wildman–Crippen MR) is 80.6 cm³/mol. The Morgan fingerprint density at radius 2 is 1.95 bits per heavy atom. The van der Waals surface area contributed by atoms with Gasteiger partial charge >= 0.3 is 0 Å². The lowest BCUT2D eigenvalue weighted by molar-refractivity contribution is 0.415. The number of halogens is 2. The third-order valence-electron chi connectivity index (χ3n) is 2.98. The highest BCUT2D eigenvalue weighted by Crippen LogP contribution is 2.37.